The van der Waals surface area contributed by atoms with E-state index < -0.39 is 0 Å². The summed E-state index contributed by atoms with van der Waals surface area (Å²) in [6.07, 6.45) is 1.67. The van der Waals surface area contributed by atoms with Gasteiger partial charge < -0.3 is 5.11 Å². The Bertz CT molecular complexity index is 506. The zero-order valence-corrected chi connectivity index (χ0v) is 9.72. The molecule has 0 heterocycles. The largest absolute Gasteiger partial charge is 0.508 e. The van der Waals surface area contributed by atoms with Crippen molar-refractivity contribution in [3.8, 4) is 5.75 Å². The lowest BCUT2D eigenvalue weighted by atomic mass is 10.2. The molecule has 4 heteroatoms. The van der Waals surface area contributed by atoms with E-state index in [0.29, 0.717) is 5.02 Å². The number of phenolic OH excluding ortho intramolecular Hbond substituents is 1. The summed E-state index contributed by atoms with van der Waals surface area (Å²) in [5.74, 6) is 0.243. The van der Waals surface area contributed by atoms with Gasteiger partial charge in [0, 0.05) is 5.02 Å². The molecule has 0 fully saturated rings. The summed E-state index contributed by atoms with van der Waals surface area (Å²) in [6.45, 7) is 0. The first-order valence-electron chi connectivity index (χ1n) is 5.08. The van der Waals surface area contributed by atoms with Gasteiger partial charge in [-0.15, -0.1) is 0 Å². The normalized spacial score (nSPS) is 10.6. The molecule has 0 saturated carbocycles. The van der Waals surface area contributed by atoms with Gasteiger partial charge in [0.1, 0.15) is 5.75 Å². The van der Waals surface area contributed by atoms with Crippen LogP contribution < -0.4 is 5.43 Å². The van der Waals surface area contributed by atoms with Gasteiger partial charge in [0.15, 0.2) is 0 Å². The van der Waals surface area contributed by atoms with Crippen LogP contribution in [0.1, 0.15) is 5.56 Å². The topological polar surface area (TPSA) is 44.6 Å². The third-order valence-corrected chi connectivity index (χ3v) is 2.40. The lowest BCUT2D eigenvalue weighted by molar-refractivity contribution is 0.475. The molecule has 0 unspecified atom stereocenters. The first-order valence-corrected chi connectivity index (χ1v) is 5.45. The van der Waals surface area contributed by atoms with Crippen LogP contribution in [-0.2, 0) is 0 Å². The van der Waals surface area contributed by atoms with Gasteiger partial charge in [-0.1, -0.05) is 11.6 Å². The van der Waals surface area contributed by atoms with Crippen LogP contribution in [0.3, 0.4) is 0 Å². The van der Waals surface area contributed by atoms with E-state index in [0.717, 1.165) is 11.3 Å². The lowest BCUT2D eigenvalue weighted by Gasteiger charge is -1.99. The summed E-state index contributed by atoms with van der Waals surface area (Å²) < 4.78 is 0. The van der Waals surface area contributed by atoms with Gasteiger partial charge in [-0.05, 0) is 54.1 Å². The molecule has 2 rings (SSSR count). The van der Waals surface area contributed by atoms with Gasteiger partial charge in [-0.25, -0.2) is 0 Å². The van der Waals surface area contributed by atoms with E-state index in [1.165, 1.54) is 0 Å². The molecule has 0 bridgehead atoms. The molecule has 2 N–H and O–H groups in total. The fourth-order valence-corrected chi connectivity index (χ4v) is 1.39. The Morgan fingerprint density at radius 2 is 1.65 bits per heavy atom. The molecule has 17 heavy (non-hydrogen) atoms. The third-order valence-electron chi connectivity index (χ3n) is 2.14. The highest BCUT2D eigenvalue weighted by atomic mass is 35.5. The van der Waals surface area contributed by atoms with E-state index in [2.05, 4.69) is 10.5 Å². The maximum absolute atomic E-state index is 9.11. The van der Waals surface area contributed by atoms with Crippen molar-refractivity contribution >= 4 is 23.5 Å². The summed E-state index contributed by atoms with van der Waals surface area (Å²) in [7, 11) is 0. The second-order valence-electron chi connectivity index (χ2n) is 3.47. The molecule has 86 valence electrons. The molecule has 0 aliphatic carbocycles. The molecule has 0 aromatic heterocycles. The Labute approximate surface area is 104 Å². The fraction of sp³-hybridized carbons (Fsp3) is 0. The van der Waals surface area contributed by atoms with Crippen LogP contribution in [0.5, 0.6) is 5.75 Å². The summed E-state index contributed by atoms with van der Waals surface area (Å²) >= 11 is 5.77. The first-order chi connectivity index (χ1) is 8.24. The lowest BCUT2D eigenvalue weighted by Crippen LogP contribution is -1.89. The Kier molecular flexibility index (Phi) is 3.62. The minimum Gasteiger partial charge on any atom is -0.508 e. The number of phenols is 1. The fourth-order valence-electron chi connectivity index (χ4n) is 1.27. The van der Waals surface area contributed by atoms with Gasteiger partial charge in [-0.3, -0.25) is 5.43 Å². The van der Waals surface area contributed by atoms with E-state index >= 15 is 0 Å². The predicted octanol–water partition coefficient (Wildman–Crippen LogP) is 3.49. The van der Waals surface area contributed by atoms with Gasteiger partial charge in [-0.2, -0.15) is 5.10 Å². The van der Waals surface area contributed by atoms with Crippen LogP contribution in [0.25, 0.3) is 0 Å². The molecular weight excluding hydrogens is 236 g/mol. The number of anilines is 1. The summed E-state index contributed by atoms with van der Waals surface area (Å²) in [4.78, 5) is 0. The molecule has 3 nitrogen and oxygen atoms in total. The molecule has 0 saturated heterocycles. The maximum atomic E-state index is 9.11. The van der Waals surface area contributed by atoms with E-state index in [1.807, 2.05) is 12.1 Å². The van der Waals surface area contributed by atoms with E-state index in [4.69, 9.17) is 16.7 Å². The van der Waals surface area contributed by atoms with Crippen molar-refractivity contribution in [2.75, 3.05) is 5.43 Å². The molecular formula is C13H11ClN2O. The van der Waals surface area contributed by atoms with Crippen molar-refractivity contribution in [2.24, 2.45) is 5.10 Å². The highest BCUT2D eigenvalue weighted by molar-refractivity contribution is 6.30. The summed E-state index contributed by atoms with van der Waals surface area (Å²) in [5, 5.41) is 13.9. The smallest absolute Gasteiger partial charge is 0.115 e. The number of hydrogen-bond donors (Lipinski definition) is 2. The van der Waals surface area contributed by atoms with Gasteiger partial charge in [0.25, 0.3) is 0 Å². The van der Waals surface area contributed by atoms with Gasteiger partial charge >= 0.3 is 0 Å². The summed E-state index contributed by atoms with van der Waals surface area (Å²) in [5.41, 5.74) is 4.66. The highest BCUT2D eigenvalue weighted by Crippen LogP contribution is 2.13. The zero-order valence-electron chi connectivity index (χ0n) is 8.97. The SMILES string of the molecule is Oc1ccc(C=NNc2ccc(Cl)cc2)cc1. The number of halogens is 1. The molecule has 0 spiro atoms. The Hall–Kier alpha value is -2.00. The molecule has 0 aliphatic rings. The van der Waals surface area contributed by atoms with Crippen LogP contribution >= 0.6 is 11.6 Å². The van der Waals surface area contributed by atoms with Crippen molar-refractivity contribution in [3.05, 3.63) is 59.1 Å². The Morgan fingerprint density at radius 1 is 1.00 bits per heavy atom. The number of hydrogen-bond acceptors (Lipinski definition) is 3. The van der Waals surface area contributed by atoms with Crippen LogP contribution in [0.2, 0.25) is 5.02 Å². The third kappa shape index (κ3) is 3.50. The van der Waals surface area contributed by atoms with Crippen LogP contribution in [0.4, 0.5) is 5.69 Å². The van der Waals surface area contributed by atoms with E-state index in [-0.39, 0.29) is 5.75 Å². The zero-order chi connectivity index (χ0) is 12.1. The minimum absolute atomic E-state index is 0.243. The van der Waals surface area contributed by atoms with Crippen molar-refractivity contribution in [3.63, 3.8) is 0 Å². The Morgan fingerprint density at radius 3 is 2.29 bits per heavy atom. The first kappa shape index (κ1) is 11.5. The highest BCUT2D eigenvalue weighted by Gasteiger charge is 1.90. The molecule has 0 radical (unpaired) electrons. The summed E-state index contributed by atoms with van der Waals surface area (Å²) in [6, 6.07) is 14.1. The standard InChI is InChI=1S/C13H11ClN2O/c14-11-3-5-12(6-4-11)16-15-9-10-1-7-13(17)8-2-10/h1-9,16-17H. The van der Waals surface area contributed by atoms with Crippen LogP contribution in [-0.4, -0.2) is 11.3 Å². The molecule has 0 aliphatic heterocycles. The number of nitrogens with one attached hydrogen (secondary N) is 1. The second kappa shape index (κ2) is 5.37. The van der Waals surface area contributed by atoms with Crippen molar-refractivity contribution in [2.45, 2.75) is 0 Å². The minimum atomic E-state index is 0.243. The average Bonchev–Trinajstić information content (AvgIpc) is 2.34. The molecule has 0 atom stereocenters. The number of benzene rings is 2. The molecule has 0 amide bonds. The number of hydrazone groups is 1. The average molecular weight is 247 g/mol. The quantitative estimate of drug-likeness (QED) is 0.643. The predicted molar refractivity (Wildman–Crippen MR) is 70.8 cm³/mol. The van der Waals surface area contributed by atoms with E-state index in [1.54, 1.807) is 42.6 Å². The molecule has 2 aromatic carbocycles. The van der Waals surface area contributed by atoms with Crippen molar-refractivity contribution < 1.29 is 5.11 Å². The van der Waals surface area contributed by atoms with Crippen molar-refractivity contribution in [1.82, 2.24) is 0 Å². The van der Waals surface area contributed by atoms with Gasteiger partial charge in [0.2, 0.25) is 0 Å². The number of nitrogens with zero attached hydrogens (tertiary/aromatic N) is 1. The van der Waals surface area contributed by atoms with E-state index in [9.17, 15) is 0 Å². The molecule has 2 aromatic rings. The second-order valence-corrected chi connectivity index (χ2v) is 3.90. The van der Waals surface area contributed by atoms with Crippen LogP contribution in [0, 0.1) is 0 Å². The monoisotopic (exact) mass is 246 g/mol. The van der Waals surface area contributed by atoms with Crippen molar-refractivity contribution in [1.29, 1.82) is 0 Å². The van der Waals surface area contributed by atoms with Gasteiger partial charge in [0.05, 0.1) is 11.9 Å². The maximum Gasteiger partial charge on any atom is 0.115 e. The Balaban J connectivity index is 1.97. The van der Waals surface area contributed by atoms with Crippen LogP contribution in [0.15, 0.2) is 53.6 Å². The number of rotatable bonds is 3. The number of aromatic hydroxyl groups is 1.